The van der Waals surface area contributed by atoms with E-state index in [0.29, 0.717) is 11.1 Å². The van der Waals surface area contributed by atoms with Crippen LogP contribution in [0.4, 0.5) is 5.69 Å². The number of nitro benzene ring substituents is 1. The molecule has 2 aromatic rings. The van der Waals surface area contributed by atoms with E-state index in [9.17, 15) is 29.3 Å². The average Bonchev–Trinajstić information content (AvgIpc) is 3.25. The first-order valence-electron chi connectivity index (χ1n) is 8.60. The molecule has 0 radical (unpaired) electrons. The quantitative estimate of drug-likeness (QED) is 0.0969. The molecule has 1 saturated heterocycles. The van der Waals surface area contributed by atoms with E-state index in [1.165, 1.54) is 35.6 Å². The number of carbonyl (C=O) groups excluding carboxylic acids is 4. The van der Waals surface area contributed by atoms with Crippen LogP contribution in [0.15, 0.2) is 41.1 Å². The average molecular weight is 432 g/mol. The van der Waals surface area contributed by atoms with Crippen LogP contribution >= 0.6 is 11.3 Å². The smallest absolute Gasteiger partial charge is 0.323 e. The summed E-state index contributed by atoms with van der Waals surface area (Å²) in [6, 6.07) is 6.99. The molecule has 12 heteroatoms. The lowest BCUT2D eigenvalue weighted by Gasteiger charge is -2.40. The number of ether oxygens (including phenoxy) is 1. The monoisotopic (exact) mass is 432 g/mol. The van der Waals surface area contributed by atoms with Gasteiger partial charge in [0.25, 0.3) is 11.6 Å². The number of non-ortho nitro benzene ring substituents is 1. The van der Waals surface area contributed by atoms with Gasteiger partial charge in [-0.15, -0.1) is 0 Å². The van der Waals surface area contributed by atoms with Crippen LogP contribution < -0.4 is 16.0 Å². The summed E-state index contributed by atoms with van der Waals surface area (Å²) < 4.78 is 5.23. The minimum absolute atomic E-state index is 0.0233. The summed E-state index contributed by atoms with van der Waals surface area (Å²) in [4.78, 5) is 58.3. The van der Waals surface area contributed by atoms with E-state index in [0.717, 1.165) is 0 Å². The van der Waals surface area contributed by atoms with Gasteiger partial charge in [0.2, 0.25) is 18.0 Å². The van der Waals surface area contributed by atoms with Crippen molar-refractivity contribution >= 4 is 41.2 Å². The largest absolute Gasteiger partial charge is 0.460 e. The van der Waals surface area contributed by atoms with Gasteiger partial charge < -0.3 is 20.7 Å². The lowest BCUT2D eigenvalue weighted by atomic mass is 9.97. The SMILES string of the molecule is O=CN[C@]1(NC(=O)C(C(=O)OCc2ccc([N+](=O)[O-])cc2)c2ccsc2)CNC1=O. The van der Waals surface area contributed by atoms with Gasteiger partial charge in [-0.05, 0) is 40.1 Å². The molecule has 1 fully saturated rings. The Hall–Kier alpha value is -3.80. The standard InChI is InChI=1S/C18H16N4O7S/c23-10-20-18(9-19-17(18)26)21-15(24)14(12-5-6-30-8-12)16(25)29-7-11-1-3-13(4-2-11)22(27)28/h1-6,8,10,14H,7,9H2,(H,19,26)(H,20,23)(H,21,24)/t14?,18-/m0/s1. The van der Waals surface area contributed by atoms with Crippen molar-refractivity contribution in [2.45, 2.75) is 18.2 Å². The minimum Gasteiger partial charge on any atom is -0.460 e. The lowest BCUT2D eigenvalue weighted by molar-refractivity contribution is -0.384. The predicted molar refractivity (Wildman–Crippen MR) is 103 cm³/mol. The molecular formula is C18H16N4O7S. The molecule has 3 rings (SSSR count). The van der Waals surface area contributed by atoms with Crippen molar-refractivity contribution in [3.05, 3.63) is 62.3 Å². The Labute approximate surface area is 173 Å². The number of nitrogens with zero attached hydrogens (tertiary/aromatic N) is 1. The van der Waals surface area contributed by atoms with Gasteiger partial charge in [0, 0.05) is 12.1 Å². The van der Waals surface area contributed by atoms with Gasteiger partial charge in [-0.25, -0.2) is 0 Å². The highest BCUT2D eigenvalue weighted by molar-refractivity contribution is 7.08. The highest BCUT2D eigenvalue weighted by atomic mass is 32.1. The van der Waals surface area contributed by atoms with E-state index in [2.05, 4.69) is 16.0 Å². The Morgan fingerprint density at radius 1 is 1.33 bits per heavy atom. The first-order chi connectivity index (χ1) is 14.4. The Kier molecular flexibility index (Phi) is 6.06. The number of hydrogen-bond acceptors (Lipinski definition) is 8. The number of carbonyl (C=O) groups is 4. The van der Waals surface area contributed by atoms with Crippen LogP contribution in [-0.2, 0) is 30.5 Å². The number of nitrogens with one attached hydrogen (secondary N) is 3. The number of hydrogen-bond donors (Lipinski definition) is 3. The molecule has 0 aliphatic carbocycles. The molecule has 1 aliphatic heterocycles. The fourth-order valence-electron chi connectivity index (χ4n) is 2.76. The Bertz CT molecular complexity index is 977. The number of nitro groups is 1. The maximum Gasteiger partial charge on any atom is 0.323 e. The van der Waals surface area contributed by atoms with Crippen molar-refractivity contribution in [3.63, 3.8) is 0 Å². The summed E-state index contributed by atoms with van der Waals surface area (Å²) in [7, 11) is 0. The van der Waals surface area contributed by atoms with Gasteiger partial charge in [-0.2, -0.15) is 11.3 Å². The number of rotatable bonds is 9. The molecule has 1 aliphatic rings. The third-order valence-electron chi connectivity index (χ3n) is 4.45. The van der Waals surface area contributed by atoms with Gasteiger partial charge in [0.15, 0.2) is 5.92 Å². The summed E-state index contributed by atoms with van der Waals surface area (Å²) in [5, 5.41) is 21.1. The van der Waals surface area contributed by atoms with Crippen molar-refractivity contribution in [2.75, 3.05) is 6.54 Å². The summed E-state index contributed by atoms with van der Waals surface area (Å²) in [5.74, 6) is -3.66. The zero-order valence-electron chi connectivity index (χ0n) is 15.3. The molecule has 11 nitrogen and oxygen atoms in total. The number of amides is 3. The van der Waals surface area contributed by atoms with Crippen molar-refractivity contribution in [2.24, 2.45) is 0 Å². The Morgan fingerprint density at radius 2 is 2.07 bits per heavy atom. The molecule has 1 aromatic heterocycles. The maximum atomic E-state index is 12.8. The first-order valence-corrected chi connectivity index (χ1v) is 9.54. The van der Waals surface area contributed by atoms with E-state index >= 15 is 0 Å². The lowest BCUT2D eigenvalue weighted by Crippen LogP contribution is -2.79. The van der Waals surface area contributed by atoms with Gasteiger partial charge >= 0.3 is 5.97 Å². The van der Waals surface area contributed by atoms with E-state index < -0.39 is 34.3 Å². The van der Waals surface area contributed by atoms with E-state index in [-0.39, 0.29) is 25.2 Å². The van der Waals surface area contributed by atoms with Gasteiger partial charge in [0.1, 0.15) is 6.61 Å². The predicted octanol–water partition coefficient (Wildman–Crippen LogP) is 0.172. The zero-order chi connectivity index (χ0) is 21.7. The van der Waals surface area contributed by atoms with Crippen LogP contribution in [0.5, 0.6) is 0 Å². The second-order valence-electron chi connectivity index (χ2n) is 6.36. The molecule has 3 amide bonds. The van der Waals surface area contributed by atoms with Crippen LogP contribution in [0, 0.1) is 10.1 Å². The highest BCUT2D eigenvalue weighted by Crippen LogP contribution is 2.23. The van der Waals surface area contributed by atoms with Crippen LogP contribution in [0.2, 0.25) is 0 Å². The molecule has 3 N–H and O–H groups in total. The van der Waals surface area contributed by atoms with Crippen LogP contribution in [0.3, 0.4) is 0 Å². The van der Waals surface area contributed by atoms with Crippen LogP contribution in [0.25, 0.3) is 0 Å². The van der Waals surface area contributed by atoms with E-state index in [4.69, 9.17) is 4.74 Å². The number of esters is 1. The summed E-state index contributed by atoms with van der Waals surface area (Å²) in [6.45, 7) is -0.229. The molecule has 0 spiro atoms. The molecule has 0 saturated carbocycles. The molecular weight excluding hydrogens is 416 g/mol. The minimum atomic E-state index is -1.62. The Balaban J connectivity index is 1.72. The van der Waals surface area contributed by atoms with Gasteiger partial charge in [0.05, 0.1) is 11.5 Å². The summed E-state index contributed by atoms with van der Waals surface area (Å²) in [6.07, 6.45) is 0.283. The maximum absolute atomic E-state index is 12.8. The third kappa shape index (κ3) is 4.27. The molecule has 156 valence electrons. The van der Waals surface area contributed by atoms with Crippen LogP contribution in [0.1, 0.15) is 17.0 Å². The molecule has 1 unspecified atom stereocenters. The number of thiophene rings is 1. The molecule has 2 atom stereocenters. The van der Waals surface area contributed by atoms with Gasteiger partial charge in [-0.1, -0.05) is 0 Å². The normalized spacial score (nSPS) is 18.3. The molecule has 1 aromatic carbocycles. The second-order valence-corrected chi connectivity index (χ2v) is 7.14. The van der Waals surface area contributed by atoms with E-state index in [1.54, 1.807) is 16.8 Å². The van der Waals surface area contributed by atoms with Crippen molar-refractivity contribution in [1.82, 2.24) is 16.0 Å². The molecule has 0 bridgehead atoms. The Morgan fingerprint density at radius 3 is 2.57 bits per heavy atom. The van der Waals surface area contributed by atoms with Crippen molar-refractivity contribution in [3.8, 4) is 0 Å². The summed E-state index contributed by atoms with van der Waals surface area (Å²) >= 11 is 1.27. The van der Waals surface area contributed by atoms with Gasteiger partial charge in [-0.3, -0.25) is 29.3 Å². The first kappa shape index (κ1) is 20.9. The van der Waals surface area contributed by atoms with Crippen molar-refractivity contribution < 1.29 is 28.8 Å². The van der Waals surface area contributed by atoms with E-state index in [1.807, 2.05) is 0 Å². The highest BCUT2D eigenvalue weighted by Gasteiger charge is 2.49. The fourth-order valence-corrected chi connectivity index (χ4v) is 3.45. The fraction of sp³-hybridized carbons (Fsp3) is 0.222. The molecule has 2 heterocycles. The number of β-lactam (4-membered cyclic amide) rings is 1. The zero-order valence-corrected chi connectivity index (χ0v) is 16.1. The number of benzene rings is 1. The van der Waals surface area contributed by atoms with Crippen LogP contribution in [-0.4, -0.2) is 41.3 Å². The third-order valence-corrected chi connectivity index (χ3v) is 5.15. The second kappa shape index (κ2) is 8.69. The van der Waals surface area contributed by atoms with Crippen molar-refractivity contribution in [1.29, 1.82) is 0 Å². The summed E-state index contributed by atoms with van der Waals surface area (Å²) in [5.41, 5.74) is -0.860. The molecule has 30 heavy (non-hydrogen) atoms. The topological polar surface area (TPSA) is 157 Å².